The van der Waals surface area contributed by atoms with E-state index in [0.717, 1.165) is 16.7 Å². The van der Waals surface area contributed by atoms with Crippen LogP contribution in [0.5, 0.6) is 5.75 Å². The van der Waals surface area contributed by atoms with E-state index >= 15 is 0 Å². The largest absolute Gasteiger partial charge is 0.489 e. The van der Waals surface area contributed by atoms with Crippen molar-refractivity contribution in [2.75, 3.05) is 0 Å². The lowest BCUT2D eigenvalue weighted by atomic mass is 10.0. The highest BCUT2D eigenvalue weighted by atomic mass is 35.5. The molecule has 138 valence electrons. The Kier molecular flexibility index (Phi) is 5.22. The Bertz CT molecular complexity index is 1070. The van der Waals surface area contributed by atoms with Gasteiger partial charge in [0.25, 0.3) is 0 Å². The topological polar surface area (TPSA) is 47.9 Å². The van der Waals surface area contributed by atoms with Crippen LogP contribution in [0.2, 0.25) is 5.02 Å². The second kappa shape index (κ2) is 8.11. The van der Waals surface area contributed by atoms with Crippen LogP contribution in [0.3, 0.4) is 0 Å². The van der Waals surface area contributed by atoms with Gasteiger partial charge < -0.3 is 9.57 Å². The SMILES string of the molecule is O=C1ON=C(c2ccccc2)/C1=C\c1cccc(OCc2cccc(Cl)c2)c1. The highest BCUT2D eigenvalue weighted by Crippen LogP contribution is 2.23. The monoisotopic (exact) mass is 389 g/mol. The third kappa shape index (κ3) is 4.13. The maximum absolute atomic E-state index is 12.1. The predicted molar refractivity (Wildman–Crippen MR) is 109 cm³/mol. The number of ether oxygens (including phenoxy) is 1. The van der Waals surface area contributed by atoms with Crippen molar-refractivity contribution in [3.8, 4) is 5.75 Å². The molecule has 28 heavy (non-hydrogen) atoms. The van der Waals surface area contributed by atoms with Gasteiger partial charge in [-0.3, -0.25) is 0 Å². The van der Waals surface area contributed by atoms with Crippen molar-refractivity contribution in [3.63, 3.8) is 0 Å². The van der Waals surface area contributed by atoms with Crippen molar-refractivity contribution >= 4 is 29.4 Å². The maximum atomic E-state index is 12.1. The van der Waals surface area contributed by atoms with Crippen LogP contribution in [0.25, 0.3) is 6.08 Å². The molecule has 0 amide bonds. The van der Waals surface area contributed by atoms with E-state index in [9.17, 15) is 4.79 Å². The normalized spacial score (nSPS) is 14.7. The predicted octanol–water partition coefficient (Wildman–Crippen LogP) is 5.26. The van der Waals surface area contributed by atoms with Crippen molar-refractivity contribution in [1.82, 2.24) is 0 Å². The van der Waals surface area contributed by atoms with E-state index in [0.29, 0.717) is 28.7 Å². The Morgan fingerprint density at radius 3 is 2.61 bits per heavy atom. The van der Waals surface area contributed by atoms with E-state index in [2.05, 4.69) is 5.16 Å². The summed E-state index contributed by atoms with van der Waals surface area (Å²) < 4.78 is 5.86. The van der Waals surface area contributed by atoms with Gasteiger partial charge >= 0.3 is 5.97 Å². The average molecular weight is 390 g/mol. The van der Waals surface area contributed by atoms with Crippen molar-refractivity contribution in [3.05, 3.63) is 106 Å². The standard InChI is InChI=1S/C23H16ClNO3/c24-19-10-4-7-17(12-19)15-27-20-11-5-6-16(13-20)14-21-22(25-28-23(21)26)18-8-2-1-3-9-18/h1-14H,15H2/b21-14+. The van der Waals surface area contributed by atoms with Gasteiger partial charge in [-0.05, 0) is 41.5 Å². The fourth-order valence-electron chi connectivity index (χ4n) is 2.87. The van der Waals surface area contributed by atoms with E-state index in [4.69, 9.17) is 21.2 Å². The summed E-state index contributed by atoms with van der Waals surface area (Å²) in [7, 11) is 0. The number of hydrogen-bond donors (Lipinski definition) is 0. The van der Waals surface area contributed by atoms with Gasteiger partial charge in [0, 0.05) is 10.6 Å². The molecule has 0 atom stereocenters. The van der Waals surface area contributed by atoms with Crippen LogP contribution in [0, 0.1) is 0 Å². The molecule has 1 heterocycles. The quantitative estimate of drug-likeness (QED) is 0.441. The number of rotatable bonds is 5. The lowest BCUT2D eigenvalue weighted by Crippen LogP contribution is -2.06. The smallest absolute Gasteiger partial charge is 0.368 e. The highest BCUT2D eigenvalue weighted by Gasteiger charge is 2.26. The Morgan fingerprint density at radius 2 is 1.79 bits per heavy atom. The van der Waals surface area contributed by atoms with E-state index in [-0.39, 0.29) is 0 Å². The van der Waals surface area contributed by atoms with E-state index in [1.807, 2.05) is 78.9 Å². The van der Waals surface area contributed by atoms with Crippen LogP contribution in [-0.2, 0) is 16.2 Å². The molecule has 0 bridgehead atoms. The van der Waals surface area contributed by atoms with Gasteiger partial charge in [0.1, 0.15) is 18.1 Å². The Balaban J connectivity index is 1.55. The first-order chi connectivity index (χ1) is 13.7. The zero-order chi connectivity index (χ0) is 19.3. The third-order valence-corrected chi connectivity index (χ3v) is 4.44. The third-order valence-electron chi connectivity index (χ3n) is 4.21. The van der Waals surface area contributed by atoms with Crippen LogP contribution in [0.15, 0.2) is 89.6 Å². The summed E-state index contributed by atoms with van der Waals surface area (Å²) in [6, 6.07) is 24.5. The molecule has 1 aliphatic rings. The number of nitrogens with zero attached hydrogens (tertiary/aromatic N) is 1. The first-order valence-corrected chi connectivity index (χ1v) is 9.11. The maximum Gasteiger partial charge on any atom is 0.368 e. The Morgan fingerprint density at radius 1 is 0.964 bits per heavy atom. The van der Waals surface area contributed by atoms with Gasteiger partial charge in [-0.2, -0.15) is 0 Å². The van der Waals surface area contributed by atoms with Gasteiger partial charge in [-0.15, -0.1) is 0 Å². The van der Waals surface area contributed by atoms with Gasteiger partial charge in [-0.25, -0.2) is 4.79 Å². The molecule has 4 nitrogen and oxygen atoms in total. The molecule has 0 aromatic heterocycles. The Hall–Kier alpha value is -3.37. The van der Waals surface area contributed by atoms with Crippen LogP contribution in [-0.4, -0.2) is 11.7 Å². The summed E-state index contributed by atoms with van der Waals surface area (Å²) >= 11 is 6.01. The second-order valence-electron chi connectivity index (χ2n) is 6.23. The molecule has 0 saturated heterocycles. The minimum absolute atomic E-state index is 0.402. The van der Waals surface area contributed by atoms with Crippen LogP contribution in [0.4, 0.5) is 0 Å². The van der Waals surface area contributed by atoms with E-state index in [1.165, 1.54) is 0 Å². The first kappa shape index (κ1) is 18.0. The van der Waals surface area contributed by atoms with Gasteiger partial charge in [-0.1, -0.05) is 71.4 Å². The highest BCUT2D eigenvalue weighted by molar-refractivity contribution is 6.31. The zero-order valence-corrected chi connectivity index (χ0v) is 15.6. The molecular weight excluding hydrogens is 374 g/mol. The molecule has 0 fully saturated rings. The summed E-state index contributed by atoms with van der Waals surface area (Å²) in [5.74, 6) is 0.225. The van der Waals surface area contributed by atoms with Crippen molar-refractivity contribution in [2.24, 2.45) is 5.16 Å². The van der Waals surface area contributed by atoms with Crippen molar-refractivity contribution in [1.29, 1.82) is 0 Å². The minimum atomic E-state index is -0.468. The van der Waals surface area contributed by atoms with Crippen molar-refractivity contribution < 1.29 is 14.4 Å². The van der Waals surface area contributed by atoms with E-state index < -0.39 is 5.97 Å². The van der Waals surface area contributed by atoms with Gasteiger partial charge in [0.15, 0.2) is 0 Å². The molecule has 1 aliphatic heterocycles. The molecule has 0 N–H and O–H groups in total. The second-order valence-corrected chi connectivity index (χ2v) is 6.67. The lowest BCUT2D eigenvalue weighted by molar-refractivity contribution is -0.136. The lowest BCUT2D eigenvalue weighted by Gasteiger charge is -2.08. The first-order valence-electron chi connectivity index (χ1n) is 8.73. The molecule has 3 aromatic carbocycles. The molecule has 0 unspecified atom stereocenters. The molecule has 0 spiro atoms. The number of halogens is 1. The van der Waals surface area contributed by atoms with Gasteiger partial charge in [0.05, 0.1) is 5.57 Å². The van der Waals surface area contributed by atoms with Gasteiger partial charge in [0.2, 0.25) is 0 Å². The molecule has 5 heteroatoms. The van der Waals surface area contributed by atoms with Crippen LogP contribution >= 0.6 is 11.6 Å². The number of carbonyl (C=O) groups is 1. The minimum Gasteiger partial charge on any atom is -0.489 e. The molecule has 3 aromatic rings. The number of benzene rings is 3. The fraction of sp³-hybridized carbons (Fsp3) is 0.0435. The van der Waals surface area contributed by atoms with Crippen LogP contribution < -0.4 is 4.74 Å². The molecule has 0 aliphatic carbocycles. The fourth-order valence-corrected chi connectivity index (χ4v) is 3.08. The number of hydrogen-bond acceptors (Lipinski definition) is 4. The van der Waals surface area contributed by atoms with Crippen molar-refractivity contribution in [2.45, 2.75) is 6.61 Å². The van der Waals surface area contributed by atoms with E-state index in [1.54, 1.807) is 6.08 Å². The molecule has 0 saturated carbocycles. The Labute approximate surface area is 167 Å². The zero-order valence-electron chi connectivity index (χ0n) is 14.8. The summed E-state index contributed by atoms with van der Waals surface area (Å²) in [6.07, 6.45) is 1.76. The molecule has 0 radical (unpaired) electrons. The van der Waals surface area contributed by atoms with Crippen LogP contribution in [0.1, 0.15) is 16.7 Å². The average Bonchev–Trinajstić information content (AvgIpc) is 3.08. The summed E-state index contributed by atoms with van der Waals surface area (Å²) in [4.78, 5) is 17.0. The summed E-state index contributed by atoms with van der Waals surface area (Å²) in [6.45, 7) is 0.402. The molecular formula is C23H16ClNO3. The summed E-state index contributed by atoms with van der Waals surface area (Å²) in [5.41, 5.74) is 3.57. The molecule has 4 rings (SSSR count). The number of oxime groups is 1. The summed E-state index contributed by atoms with van der Waals surface area (Å²) in [5, 5.41) is 4.60. The number of carbonyl (C=O) groups excluding carboxylic acids is 1.